The van der Waals surface area contributed by atoms with E-state index in [9.17, 15) is 24.7 Å². The molecule has 11 nitrogen and oxygen atoms in total. The molecule has 13 heteroatoms. The van der Waals surface area contributed by atoms with Gasteiger partial charge in [-0.05, 0) is 66.3 Å². The van der Waals surface area contributed by atoms with Crippen LogP contribution in [0, 0.1) is 23.7 Å². The zero-order valence-electron chi connectivity index (χ0n) is 28.2. The number of imide groups is 2. The van der Waals surface area contributed by atoms with Gasteiger partial charge in [-0.2, -0.15) is 10.1 Å². The molecule has 0 unspecified atom stereocenters. The number of ether oxygens (including phenoxy) is 2. The number of nitrogens with zero attached hydrogens (tertiary/aromatic N) is 2. The molecule has 270 valence electrons. The van der Waals surface area contributed by atoms with Crippen molar-refractivity contribution < 1.29 is 39.0 Å². The van der Waals surface area contributed by atoms with E-state index in [4.69, 9.17) is 32.7 Å². The highest BCUT2D eigenvalue weighted by molar-refractivity contribution is 6.36. The molecule has 3 N–H and O–H groups in total. The maximum absolute atomic E-state index is 15.3. The van der Waals surface area contributed by atoms with Gasteiger partial charge in [0.15, 0.2) is 0 Å². The number of carbonyl (C=O) groups is 4. The zero-order chi connectivity index (χ0) is 37.2. The summed E-state index contributed by atoms with van der Waals surface area (Å²) in [5.74, 6) is -6.64. The van der Waals surface area contributed by atoms with Crippen molar-refractivity contribution in [3.63, 3.8) is 0 Å². The van der Waals surface area contributed by atoms with Gasteiger partial charge in [0.05, 0.1) is 41.0 Å². The number of methoxy groups -OCH3 is 1. The van der Waals surface area contributed by atoms with Gasteiger partial charge >= 0.3 is 0 Å². The number of amides is 4. The number of anilines is 1. The monoisotopic (exact) mass is 753 g/mol. The highest BCUT2D eigenvalue weighted by Gasteiger charge is 2.70. The first-order valence-electron chi connectivity index (χ1n) is 17.1. The number of phenols is 1. The van der Waals surface area contributed by atoms with Crippen LogP contribution in [0.4, 0.5) is 5.69 Å². The molecule has 2 heterocycles. The molecule has 4 aliphatic rings. The Morgan fingerprint density at radius 3 is 2.30 bits per heavy atom. The number of hydrogen-bond donors (Lipinski definition) is 3. The minimum Gasteiger partial charge on any atom is -0.508 e. The molecule has 4 aromatic rings. The third kappa shape index (κ3) is 5.45. The normalized spacial score (nSPS) is 26.2. The number of rotatable bonds is 8. The fourth-order valence-corrected chi connectivity index (χ4v) is 9.22. The number of fused-ring (bicyclic) bond motifs is 4. The first kappa shape index (κ1) is 34.7. The average Bonchev–Trinajstić information content (AvgIpc) is 3.52. The minimum atomic E-state index is -1.67. The van der Waals surface area contributed by atoms with Crippen molar-refractivity contribution in [3.8, 4) is 17.2 Å². The van der Waals surface area contributed by atoms with Gasteiger partial charge in [-0.15, -0.1) is 0 Å². The summed E-state index contributed by atoms with van der Waals surface area (Å²) in [5.41, 5.74) is 3.84. The fraction of sp³-hybridized carbons (Fsp3) is 0.250. The molecule has 4 aromatic carbocycles. The number of nitrogens with one attached hydrogen (secondary N) is 1. The second kappa shape index (κ2) is 13.2. The SMILES string of the molecule is COc1ccc([C@@]23C(=O)N(Nc4ccc(Cl)cc4Cl)C(=O)[C@@H]2C[C@@H]2C(=CC[C@@H]4C(=O)N(O)C(=O)[C@@H]42)[C@@H]3c2ccc(OCc3ccccc3)cc2O)cc1. The van der Waals surface area contributed by atoms with Gasteiger partial charge in [0, 0.05) is 22.6 Å². The Bertz CT molecular complexity index is 2200. The minimum absolute atomic E-state index is 0.00146. The average molecular weight is 755 g/mol. The first-order chi connectivity index (χ1) is 25.5. The molecule has 0 spiro atoms. The Kier molecular flexibility index (Phi) is 8.68. The smallest absolute Gasteiger partial charge is 0.260 e. The van der Waals surface area contributed by atoms with E-state index in [-0.39, 0.29) is 41.0 Å². The van der Waals surface area contributed by atoms with Crippen LogP contribution in [0.1, 0.15) is 35.4 Å². The Morgan fingerprint density at radius 2 is 1.60 bits per heavy atom. The molecule has 53 heavy (non-hydrogen) atoms. The largest absolute Gasteiger partial charge is 0.508 e. The van der Waals surface area contributed by atoms with Crippen LogP contribution >= 0.6 is 23.2 Å². The van der Waals surface area contributed by atoms with Gasteiger partial charge in [0.2, 0.25) is 0 Å². The van der Waals surface area contributed by atoms with E-state index in [1.165, 1.54) is 19.2 Å². The van der Waals surface area contributed by atoms with E-state index in [1.54, 1.807) is 48.5 Å². The summed E-state index contributed by atoms with van der Waals surface area (Å²) in [5, 5.41) is 24.0. The number of hydrazine groups is 1. The van der Waals surface area contributed by atoms with Gasteiger partial charge in [0.25, 0.3) is 23.6 Å². The Morgan fingerprint density at radius 1 is 0.868 bits per heavy atom. The van der Waals surface area contributed by atoms with Crippen LogP contribution in [-0.2, 0) is 31.2 Å². The summed E-state index contributed by atoms with van der Waals surface area (Å²) in [6.45, 7) is 0.242. The molecule has 3 fully saturated rings. The van der Waals surface area contributed by atoms with Gasteiger partial charge in [-0.3, -0.25) is 29.8 Å². The predicted octanol–water partition coefficient (Wildman–Crippen LogP) is 6.66. The van der Waals surface area contributed by atoms with Crippen LogP contribution in [0.15, 0.2) is 103 Å². The molecule has 2 saturated heterocycles. The number of halogens is 2. The van der Waals surface area contributed by atoms with Crippen LogP contribution in [0.5, 0.6) is 17.2 Å². The summed E-state index contributed by atoms with van der Waals surface area (Å²) in [4.78, 5) is 56.7. The Labute approximate surface area is 314 Å². The summed E-state index contributed by atoms with van der Waals surface area (Å²) >= 11 is 12.7. The van der Waals surface area contributed by atoms with Gasteiger partial charge in [0.1, 0.15) is 23.9 Å². The number of carbonyl (C=O) groups excluding carboxylic acids is 4. The van der Waals surface area contributed by atoms with Crippen molar-refractivity contribution in [1.82, 2.24) is 10.1 Å². The maximum atomic E-state index is 15.3. The number of hydrogen-bond acceptors (Lipinski definition) is 9. The summed E-state index contributed by atoms with van der Waals surface area (Å²) in [6.07, 6.45) is 1.94. The quantitative estimate of drug-likeness (QED) is 0.102. The molecule has 2 aliphatic carbocycles. The van der Waals surface area contributed by atoms with Crippen LogP contribution in [0.2, 0.25) is 10.0 Å². The lowest BCUT2D eigenvalue weighted by Gasteiger charge is -2.50. The van der Waals surface area contributed by atoms with Crippen LogP contribution < -0.4 is 14.9 Å². The molecule has 0 radical (unpaired) electrons. The van der Waals surface area contributed by atoms with Crippen molar-refractivity contribution >= 4 is 52.5 Å². The Hall–Kier alpha value is -5.36. The fourth-order valence-electron chi connectivity index (χ4n) is 8.77. The van der Waals surface area contributed by atoms with Crippen molar-refractivity contribution in [1.29, 1.82) is 0 Å². The lowest BCUT2D eigenvalue weighted by molar-refractivity contribution is -0.173. The van der Waals surface area contributed by atoms with E-state index in [2.05, 4.69) is 5.43 Å². The van der Waals surface area contributed by atoms with E-state index < -0.39 is 58.6 Å². The van der Waals surface area contributed by atoms with Crippen LogP contribution in [0.25, 0.3) is 0 Å². The lowest BCUT2D eigenvalue weighted by Crippen LogP contribution is -2.53. The highest BCUT2D eigenvalue weighted by atomic mass is 35.5. The van der Waals surface area contributed by atoms with E-state index in [0.717, 1.165) is 10.6 Å². The summed E-state index contributed by atoms with van der Waals surface area (Å²) < 4.78 is 11.5. The third-order valence-electron chi connectivity index (χ3n) is 11.1. The second-order valence-corrected chi connectivity index (χ2v) is 14.5. The number of benzene rings is 4. The first-order valence-corrected chi connectivity index (χ1v) is 17.8. The van der Waals surface area contributed by atoms with E-state index in [0.29, 0.717) is 33.2 Å². The number of allylic oxidation sites excluding steroid dienone is 2. The van der Waals surface area contributed by atoms with Gasteiger partial charge in [-0.25, -0.2) is 0 Å². The number of aromatic hydroxyl groups is 1. The predicted molar refractivity (Wildman–Crippen MR) is 193 cm³/mol. The molecule has 1 saturated carbocycles. The Balaban J connectivity index is 1.31. The summed E-state index contributed by atoms with van der Waals surface area (Å²) in [6, 6.07) is 25.8. The molecule has 6 atom stereocenters. The number of phenolic OH excluding ortho intramolecular Hbond substituents is 1. The lowest BCUT2D eigenvalue weighted by atomic mass is 9.49. The molecular formula is C40H33Cl2N3O8. The van der Waals surface area contributed by atoms with E-state index >= 15 is 4.79 Å². The third-order valence-corrected chi connectivity index (χ3v) is 11.7. The second-order valence-electron chi connectivity index (χ2n) is 13.7. The van der Waals surface area contributed by atoms with Crippen molar-refractivity contribution in [2.45, 2.75) is 30.8 Å². The van der Waals surface area contributed by atoms with Gasteiger partial charge < -0.3 is 14.6 Å². The van der Waals surface area contributed by atoms with Gasteiger partial charge in [-0.1, -0.05) is 83.4 Å². The van der Waals surface area contributed by atoms with Crippen molar-refractivity contribution in [2.75, 3.05) is 12.5 Å². The highest BCUT2D eigenvalue weighted by Crippen LogP contribution is 2.65. The number of hydroxylamine groups is 2. The molecule has 0 bridgehead atoms. The topological polar surface area (TPSA) is 146 Å². The molecule has 2 aliphatic heterocycles. The van der Waals surface area contributed by atoms with E-state index in [1.807, 2.05) is 36.4 Å². The molecule has 8 rings (SSSR count). The van der Waals surface area contributed by atoms with Crippen molar-refractivity contribution in [3.05, 3.63) is 129 Å². The molecular weight excluding hydrogens is 721 g/mol. The maximum Gasteiger partial charge on any atom is 0.260 e. The standard InChI is InChI=1S/C40H33Cl2N3O8/c1-52-24-10-7-22(8-11-24)40-30(37(48)44(39(40)50)43-32-16-9-23(41)17-31(32)42)19-29-26(14-15-28-34(29)38(49)45(51)36(28)47)35(40)27-13-12-25(18-33(27)46)53-20-21-5-3-2-4-6-21/h2-14,16-18,28-30,34-35,43,46,51H,15,19-20H2,1H3/t28-,29+,30-,34-,35+,40+/m0/s1. The molecule has 4 amide bonds. The van der Waals surface area contributed by atoms with Crippen LogP contribution in [-0.4, -0.2) is 51.1 Å². The van der Waals surface area contributed by atoms with Crippen LogP contribution in [0.3, 0.4) is 0 Å². The zero-order valence-corrected chi connectivity index (χ0v) is 29.8. The van der Waals surface area contributed by atoms with Crippen molar-refractivity contribution in [2.24, 2.45) is 23.7 Å². The summed E-state index contributed by atoms with van der Waals surface area (Å²) in [7, 11) is 1.52. The molecule has 0 aromatic heterocycles.